The lowest BCUT2D eigenvalue weighted by atomic mass is 9.88. The topological polar surface area (TPSA) is 98.7 Å². The van der Waals surface area contributed by atoms with Gasteiger partial charge in [-0.3, -0.25) is 19.8 Å². The van der Waals surface area contributed by atoms with Gasteiger partial charge in [0.1, 0.15) is 12.1 Å². The molecule has 0 spiro atoms. The molecule has 2 aromatic carbocycles. The van der Waals surface area contributed by atoms with E-state index in [0.717, 1.165) is 16.7 Å². The Morgan fingerprint density at radius 1 is 1.00 bits per heavy atom. The van der Waals surface area contributed by atoms with Crippen LogP contribution in [-0.2, 0) is 14.4 Å². The van der Waals surface area contributed by atoms with Crippen LogP contribution in [0.25, 0.3) is 11.1 Å². The highest BCUT2D eigenvalue weighted by Crippen LogP contribution is 2.39. The Bertz CT molecular complexity index is 1010. The second kappa shape index (κ2) is 8.51. The van der Waals surface area contributed by atoms with Gasteiger partial charge in [0.25, 0.3) is 11.8 Å². The Hall–Kier alpha value is -3.19. The molecule has 7 nitrogen and oxygen atoms in total. The van der Waals surface area contributed by atoms with Gasteiger partial charge in [0.2, 0.25) is 5.91 Å². The fourth-order valence-corrected chi connectivity index (χ4v) is 3.54. The number of amides is 3. The quantitative estimate of drug-likeness (QED) is 0.704. The van der Waals surface area contributed by atoms with Crippen LogP contribution in [-0.4, -0.2) is 35.0 Å². The molecule has 3 rings (SSSR count). The first-order chi connectivity index (χ1) is 14.5. The van der Waals surface area contributed by atoms with E-state index in [1.807, 2.05) is 36.4 Å². The van der Waals surface area contributed by atoms with Crippen LogP contribution in [0.1, 0.15) is 46.1 Å². The number of nitrogens with zero attached hydrogens (tertiary/aromatic N) is 1. The molecular formula is C24H29N3O4. The van der Waals surface area contributed by atoms with Crippen LogP contribution in [0.4, 0.5) is 5.69 Å². The van der Waals surface area contributed by atoms with Crippen LogP contribution in [0.2, 0.25) is 0 Å². The van der Waals surface area contributed by atoms with Gasteiger partial charge in [-0.1, -0.05) is 63.2 Å². The van der Waals surface area contributed by atoms with E-state index in [1.54, 1.807) is 39.8 Å². The minimum absolute atomic E-state index is 0.279. The molecule has 1 aliphatic rings. The van der Waals surface area contributed by atoms with Gasteiger partial charge in [-0.25, -0.2) is 5.01 Å². The summed E-state index contributed by atoms with van der Waals surface area (Å²) in [6.07, 6.45) is -1.27. The van der Waals surface area contributed by atoms with Gasteiger partial charge in [-0.15, -0.1) is 0 Å². The highest BCUT2D eigenvalue weighted by molar-refractivity contribution is 6.06. The summed E-state index contributed by atoms with van der Waals surface area (Å²) in [5.74, 6) is -1.95. The lowest BCUT2D eigenvalue weighted by molar-refractivity contribution is -0.138. The zero-order chi connectivity index (χ0) is 22.9. The minimum Gasteiger partial charge on any atom is -0.383 e. The molecule has 3 N–H and O–H groups in total. The maximum absolute atomic E-state index is 13.3. The van der Waals surface area contributed by atoms with Crippen molar-refractivity contribution >= 4 is 23.4 Å². The first-order valence-electron chi connectivity index (χ1n) is 10.3. The number of aliphatic hydroxyl groups excluding tert-OH is 1. The number of hydrogen-bond acceptors (Lipinski definition) is 4. The maximum Gasteiger partial charge on any atom is 0.261 e. The summed E-state index contributed by atoms with van der Waals surface area (Å²) in [4.78, 5) is 38.4. The van der Waals surface area contributed by atoms with Gasteiger partial charge < -0.3 is 10.4 Å². The van der Waals surface area contributed by atoms with Crippen molar-refractivity contribution in [3.8, 4) is 11.1 Å². The summed E-state index contributed by atoms with van der Waals surface area (Å²) in [7, 11) is 0. The molecule has 0 aliphatic carbocycles. The van der Waals surface area contributed by atoms with Crippen molar-refractivity contribution in [3.63, 3.8) is 0 Å². The molecule has 0 radical (unpaired) electrons. The van der Waals surface area contributed by atoms with Crippen LogP contribution in [0.3, 0.4) is 0 Å². The minimum atomic E-state index is -1.27. The predicted molar refractivity (Wildman–Crippen MR) is 119 cm³/mol. The summed E-state index contributed by atoms with van der Waals surface area (Å²) >= 11 is 0. The van der Waals surface area contributed by atoms with Crippen molar-refractivity contribution in [2.24, 2.45) is 5.41 Å². The van der Waals surface area contributed by atoms with Crippen LogP contribution >= 0.6 is 0 Å². The van der Waals surface area contributed by atoms with Crippen molar-refractivity contribution in [2.45, 2.75) is 52.7 Å². The first-order valence-corrected chi connectivity index (χ1v) is 10.3. The van der Waals surface area contributed by atoms with Crippen LogP contribution < -0.4 is 15.8 Å². The van der Waals surface area contributed by atoms with Crippen LogP contribution in [0.15, 0.2) is 48.5 Å². The summed E-state index contributed by atoms with van der Waals surface area (Å²) < 4.78 is 0. The van der Waals surface area contributed by atoms with Crippen LogP contribution in [0, 0.1) is 5.41 Å². The fraction of sp³-hybridized carbons (Fsp3) is 0.375. The SMILES string of the molecule is CC1C(=O)N(NC(=O)[C@H](C)NC(=O)[C@H](O)C(C)(C)C)c2ccccc2-c2ccccc21. The number of fused-ring (bicyclic) bond motifs is 3. The molecule has 0 saturated heterocycles. The molecule has 1 unspecified atom stereocenters. The van der Waals surface area contributed by atoms with Gasteiger partial charge >= 0.3 is 0 Å². The van der Waals surface area contributed by atoms with Crippen molar-refractivity contribution in [2.75, 3.05) is 5.01 Å². The van der Waals surface area contributed by atoms with Gasteiger partial charge in [0.05, 0.1) is 11.6 Å². The Labute approximate surface area is 182 Å². The highest BCUT2D eigenvalue weighted by atomic mass is 16.3. The monoisotopic (exact) mass is 423 g/mol. The smallest absolute Gasteiger partial charge is 0.261 e. The third-order valence-electron chi connectivity index (χ3n) is 5.50. The Kier molecular flexibility index (Phi) is 6.18. The standard InChI is InChI=1S/C24H29N3O4/c1-14-16-10-6-7-11-17(16)18-12-8-9-13-19(18)27(23(14)31)26-21(29)15(2)25-22(30)20(28)24(3,4)5/h6-15,20,28H,1-5H3,(H,25,30)(H,26,29)/t14?,15-,20-/m0/s1. The number of para-hydroxylation sites is 1. The number of rotatable bonds is 4. The van der Waals surface area contributed by atoms with Crippen molar-refractivity contribution < 1.29 is 19.5 Å². The van der Waals surface area contributed by atoms with Gasteiger partial charge in [-0.05, 0) is 36.5 Å². The number of carbonyl (C=O) groups excluding carboxylic acids is 3. The number of hydrogen-bond donors (Lipinski definition) is 3. The third-order valence-corrected chi connectivity index (χ3v) is 5.50. The molecule has 0 bridgehead atoms. The average Bonchev–Trinajstić information content (AvgIpc) is 2.82. The van der Waals surface area contributed by atoms with Crippen molar-refractivity contribution in [1.82, 2.24) is 10.7 Å². The highest BCUT2D eigenvalue weighted by Gasteiger charge is 2.34. The predicted octanol–water partition coefficient (Wildman–Crippen LogP) is 2.75. The third kappa shape index (κ3) is 4.46. The molecular weight excluding hydrogens is 394 g/mol. The summed E-state index contributed by atoms with van der Waals surface area (Å²) in [5.41, 5.74) is 5.20. The number of benzene rings is 2. The molecule has 1 heterocycles. The van der Waals surface area contributed by atoms with Crippen molar-refractivity contribution in [3.05, 3.63) is 54.1 Å². The number of hydrazine groups is 1. The fourth-order valence-electron chi connectivity index (χ4n) is 3.54. The number of carbonyl (C=O) groups is 3. The Balaban J connectivity index is 1.87. The summed E-state index contributed by atoms with van der Waals surface area (Å²) in [6, 6.07) is 14.1. The van der Waals surface area contributed by atoms with Gasteiger partial charge in [0, 0.05) is 5.56 Å². The lowest BCUT2D eigenvalue weighted by Gasteiger charge is -2.28. The number of nitrogens with one attached hydrogen (secondary N) is 2. The normalized spacial score (nSPS) is 17.7. The zero-order valence-electron chi connectivity index (χ0n) is 18.5. The second-order valence-corrected chi connectivity index (χ2v) is 8.97. The van der Waals surface area contributed by atoms with E-state index in [4.69, 9.17) is 0 Å². The van der Waals surface area contributed by atoms with E-state index in [0.29, 0.717) is 5.69 Å². The molecule has 2 aromatic rings. The largest absolute Gasteiger partial charge is 0.383 e. The maximum atomic E-state index is 13.3. The molecule has 3 atom stereocenters. The lowest BCUT2D eigenvalue weighted by Crippen LogP contribution is -2.56. The molecule has 0 saturated carbocycles. The van der Waals surface area contributed by atoms with E-state index >= 15 is 0 Å². The van der Waals surface area contributed by atoms with Crippen molar-refractivity contribution in [1.29, 1.82) is 0 Å². The molecule has 0 fully saturated rings. The molecule has 1 aliphatic heterocycles. The second-order valence-electron chi connectivity index (χ2n) is 8.97. The summed E-state index contributed by atoms with van der Waals surface area (Å²) in [6.45, 7) is 8.50. The van der Waals surface area contributed by atoms with Crippen LogP contribution in [0.5, 0.6) is 0 Å². The Morgan fingerprint density at radius 3 is 2.23 bits per heavy atom. The van der Waals surface area contributed by atoms with E-state index in [9.17, 15) is 19.5 Å². The average molecular weight is 424 g/mol. The Morgan fingerprint density at radius 2 is 1.58 bits per heavy atom. The van der Waals surface area contributed by atoms with E-state index in [-0.39, 0.29) is 5.91 Å². The van der Waals surface area contributed by atoms with Gasteiger partial charge in [-0.2, -0.15) is 0 Å². The first kappa shape index (κ1) is 22.5. The molecule has 3 amide bonds. The summed E-state index contributed by atoms with van der Waals surface area (Å²) in [5, 5.41) is 13.9. The molecule has 7 heteroatoms. The number of aliphatic hydroxyl groups is 1. The van der Waals surface area contributed by atoms with E-state index < -0.39 is 35.3 Å². The number of anilines is 1. The van der Waals surface area contributed by atoms with E-state index in [1.165, 1.54) is 11.9 Å². The molecule has 31 heavy (non-hydrogen) atoms. The zero-order valence-corrected chi connectivity index (χ0v) is 18.5. The van der Waals surface area contributed by atoms with Gasteiger partial charge in [0.15, 0.2) is 0 Å². The van der Waals surface area contributed by atoms with E-state index in [2.05, 4.69) is 10.7 Å². The molecule has 0 aromatic heterocycles. The molecule has 164 valence electrons.